The number of amides is 1. The summed E-state index contributed by atoms with van der Waals surface area (Å²) >= 11 is 9.36. The van der Waals surface area contributed by atoms with E-state index in [0.29, 0.717) is 18.1 Å². The summed E-state index contributed by atoms with van der Waals surface area (Å²) < 4.78 is 3.31. The van der Waals surface area contributed by atoms with Crippen LogP contribution in [0.3, 0.4) is 0 Å². The van der Waals surface area contributed by atoms with Crippen LogP contribution in [0.25, 0.3) is 5.69 Å². The van der Waals surface area contributed by atoms with Gasteiger partial charge in [-0.05, 0) is 93.1 Å². The van der Waals surface area contributed by atoms with Gasteiger partial charge in [-0.1, -0.05) is 39.7 Å². The number of halogens is 1. The predicted octanol–water partition coefficient (Wildman–Crippen LogP) is 6.56. The number of aromatic nitrogens is 2. The number of hydrogen-bond donors (Lipinski definition) is 2. The summed E-state index contributed by atoms with van der Waals surface area (Å²) in [4.78, 5) is 19.7. The Hall–Kier alpha value is -3.49. The van der Waals surface area contributed by atoms with Crippen LogP contribution in [0.4, 0.5) is 5.69 Å². The van der Waals surface area contributed by atoms with E-state index in [-0.39, 0.29) is 18.0 Å². The molecule has 1 saturated heterocycles. The number of thiocarbonyl (C=S) groups is 1. The van der Waals surface area contributed by atoms with Gasteiger partial charge in [0.1, 0.15) is 0 Å². The van der Waals surface area contributed by atoms with Gasteiger partial charge in [-0.25, -0.2) is 0 Å². The van der Waals surface area contributed by atoms with Crippen LogP contribution in [0.5, 0.6) is 0 Å². The van der Waals surface area contributed by atoms with Crippen LogP contribution in [0.2, 0.25) is 0 Å². The lowest BCUT2D eigenvalue weighted by atomic mass is 9.96. The SMILES string of the molecule is Cc1ccc(NC(=O)CCN2C(=S)N[C@H](c3ccccn3)[C@@H]2c2cc(C)n(-c3ccc(Br)cc3)c2C)cc1. The fraction of sp³-hybridized carbons (Fsp3) is 0.233. The van der Waals surface area contributed by atoms with E-state index in [1.165, 1.54) is 0 Å². The van der Waals surface area contributed by atoms with Crippen molar-refractivity contribution in [1.29, 1.82) is 0 Å². The molecule has 6 nitrogen and oxygen atoms in total. The summed E-state index contributed by atoms with van der Waals surface area (Å²) in [5.41, 5.74) is 7.39. The lowest BCUT2D eigenvalue weighted by Crippen LogP contribution is -2.32. The van der Waals surface area contributed by atoms with Gasteiger partial charge in [0.05, 0.1) is 17.8 Å². The Bertz CT molecular complexity index is 1450. The molecule has 0 saturated carbocycles. The molecule has 1 amide bonds. The van der Waals surface area contributed by atoms with Gasteiger partial charge in [0, 0.05) is 46.4 Å². The van der Waals surface area contributed by atoms with Crippen LogP contribution in [-0.4, -0.2) is 32.0 Å². The van der Waals surface area contributed by atoms with Gasteiger partial charge in [-0.2, -0.15) is 0 Å². The monoisotopic (exact) mass is 587 g/mol. The number of benzene rings is 2. The molecule has 2 aromatic heterocycles. The molecule has 0 bridgehead atoms. The molecule has 8 heteroatoms. The minimum Gasteiger partial charge on any atom is -0.352 e. The second-order valence-electron chi connectivity index (χ2n) is 9.62. The Labute approximate surface area is 237 Å². The maximum Gasteiger partial charge on any atom is 0.226 e. The van der Waals surface area contributed by atoms with E-state index in [2.05, 4.69) is 85.2 Å². The third-order valence-electron chi connectivity index (χ3n) is 6.99. The zero-order valence-electron chi connectivity index (χ0n) is 21.6. The first kappa shape index (κ1) is 26.1. The molecule has 3 heterocycles. The molecule has 0 aliphatic carbocycles. The van der Waals surface area contributed by atoms with Gasteiger partial charge in [0.25, 0.3) is 0 Å². The van der Waals surface area contributed by atoms with Crippen molar-refractivity contribution < 1.29 is 4.79 Å². The third kappa shape index (κ3) is 5.37. The molecule has 0 spiro atoms. The number of pyridine rings is 1. The standard InChI is InChI=1S/C30H30BrN5OS/c1-19-7-11-23(12-8-19)33-27(37)15-17-35-29(28(34-30(35)38)26-6-4-5-16-32-26)25-18-20(2)36(21(25)3)24-13-9-22(31)10-14-24/h4-14,16,18,28-29H,15,17H2,1-3H3,(H,33,37)(H,34,38)/t28-,29+/m1/s1. The van der Waals surface area contributed by atoms with Gasteiger partial charge in [-0.15, -0.1) is 0 Å². The topological polar surface area (TPSA) is 62.2 Å². The van der Waals surface area contributed by atoms with Crippen LogP contribution in [-0.2, 0) is 4.79 Å². The Balaban J connectivity index is 1.46. The normalized spacial score (nSPS) is 16.9. The van der Waals surface area contributed by atoms with E-state index in [1.807, 2.05) is 49.4 Å². The van der Waals surface area contributed by atoms with Gasteiger partial charge < -0.3 is 20.1 Å². The van der Waals surface area contributed by atoms with E-state index in [4.69, 9.17) is 12.2 Å². The Morgan fingerprint density at radius 1 is 1.05 bits per heavy atom. The fourth-order valence-corrected chi connectivity index (χ4v) is 5.74. The second kappa shape index (κ2) is 11.1. The van der Waals surface area contributed by atoms with E-state index in [1.54, 1.807) is 6.20 Å². The van der Waals surface area contributed by atoms with Crippen LogP contribution in [0.15, 0.2) is 83.5 Å². The van der Waals surface area contributed by atoms with E-state index >= 15 is 0 Å². The molecule has 2 aromatic carbocycles. The number of aryl methyl sites for hydroxylation is 2. The fourth-order valence-electron chi connectivity index (χ4n) is 5.14. The number of nitrogens with zero attached hydrogens (tertiary/aromatic N) is 3. The highest BCUT2D eigenvalue weighted by Crippen LogP contribution is 2.41. The van der Waals surface area contributed by atoms with Crippen LogP contribution >= 0.6 is 28.1 Å². The Kier molecular flexibility index (Phi) is 7.63. The molecule has 0 unspecified atom stereocenters. The molecule has 4 aromatic rings. The van der Waals surface area contributed by atoms with Crippen molar-refractivity contribution >= 4 is 44.9 Å². The van der Waals surface area contributed by atoms with Gasteiger partial charge in [0.2, 0.25) is 5.91 Å². The van der Waals surface area contributed by atoms with Crippen molar-refractivity contribution in [2.75, 3.05) is 11.9 Å². The summed E-state index contributed by atoms with van der Waals surface area (Å²) in [6.45, 7) is 6.77. The summed E-state index contributed by atoms with van der Waals surface area (Å²) in [5, 5.41) is 7.13. The molecule has 1 fully saturated rings. The Morgan fingerprint density at radius 3 is 2.47 bits per heavy atom. The molecule has 0 radical (unpaired) electrons. The van der Waals surface area contributed by atoms with Crippen LogP contribution < -0.4 is 10.6 Å². The number of rotatable bonds is 7. The highest BCUT2D eigenvalue weighted by atomic mass is 79.9. The lowest BCUT2D eigenvalue weighted by molar-refractivity contribution is -0.116. The molecule has 2 atom stereocenters. The zero-order chi connectivity index (χ0) is 26.8. The number of carbonyl (C=O) groups is 1. The molecule has 2 N–H and O–H groups in total. The molecule has 1 aliphatic rings. The van der Waals surface area contributed by atoms with Crippen molar-refractivity contribution in [3.05, 3.63) is 112 Å². The van der Waals surface area contributed by atoms with E-state index in [0.717, 1.165) is 44.1 Å². The van der Waals surface area contributed by atoms with Crippen molar-refractivity contribution in [3.63, 3.8) is 0 Å². The first-order valence-corrected chi connectivity index (χ1v) is 13.8. The molecule has 1 aliphatic heterocycles. The van der Waals surface area contributed by atoms with Crippen LogP contribution in [0.1, 0.15) is 46.7 Å². The quantitative estimate of drug-likeness (QED) is 0.240. The average molecular weight is 589 g/mol. The van der Waals surface area contributed by atoms with Gasteiger partial charge >= 0.3 is 0 Å². The first-order chi connectivity index (χ1) is 18.3. The second-order valence-corrected chi connectivity index (χ2v) is 10.9. The van der Waals surface area contributed by atoms with Crippen LogP contribution in [0, 0.1) is 20.8 Å². The van der Waals surface area contributed by atoms with Gasteiger partial charge in [0.15, 0.2) is 5.11 Å². The average Bonchev–Trinajstić information content (AvgIpc) is 3.39. The summed E-state index contributed by atoms with van der Waals surface area (Å²) in [6.07, 6.45) is 2.12. The molecule has 38 heavy (non-hydrogen) atoms. The van der Waals surface area contributed by atoms with Crippen molar-refractivity contribution in [2.45, 2.75) is 39.3 Å². The number of nitrogens with one attached hydrogen (secondary N) is 2. The van der Waals surface area contributed by atoms with E-state index < -0.39 is 0 Å². The number of carbonyl (C=O) groups excluding carboxylic acids is 1. The maximum absolute atomic E-state index is 12.9. The zero-order valence-corrected chi connectivity index (χ0v) is 24.0. The van der Waals surface area contributed by atoms with Crippen molar-refractivity contribution in [1.82, 2.24) is 19.8 Å². The summed E-state index contributed by atoms with van der Waals surface area (Å²) in [7, 11) is 0. The predicted molar refractivity (Wildman–Crippen MR) is 160 cm³/mol. The van der Waals surface area contributed by atoms with Crippen molar-refractivity contribution in [2.24, 2.45) is 0 Å². The minimum atomic E-state index is -0.136. The molecular formula is C30H30BrN5OS. The van der Waals surface area contributed by atoms with Crippen molar-refractivity contribution in [3.8, 4) is 5.69 Å². The smallest absolute Gasteiger partial charge is 0.226 e. The molecule has 5 rings (SSSR count). The first-order valence-electron chi connectivity index (χ1n) is 12.6. The third-order valence-corrected chi connectivity index (χ3v) is 7.87. The highest BCUT2D eigenvalue weighted by Gasteiger charge is 2.41. The molecule has 194 valence electrons. The minimum absolute atomic E-state index is 0.0444. The lowest BCUT2D eigenvalue weighted by Gasteiger charge is -2.28. The highest BCUT2D eigenvalue weighted by molar-refractivity contribution is 9.10. The van der Waals surface area contributed by atoms with Gasteiger partial charge in [-0.3, -0.25) is 9.78 Å². The van der Waals surface area contributed by atoms with E-state index in [9.17, 15) is 4.79 Å². The maximum atomic E-state index is 12.9. The summed E-state index contributed by atoms with van der Waals surface area (Å²) in [6, 6.07) is 24.1. The molecular weight excluding hydrogens is 558 g/mol. The largest absolute Gasteiger partial charge is 0.352 e. The number of hydrogen-bond acceptors (Lipinski definition) is 3. The Morgan fingerprint density at radius 2 is 1.79 bits per heavy atom. The summed E-state index contributed by atoms with van der Waals surface area (Å²) in [5.74, 6) is -0.0444. The number of anilines is 1.